The summed E-state index contributed by atoms with van der Waals surface area (Å²) in [4.78, 5) is 12.7. The molecule has 0 spiro atoms. The summed E-state index contributed by atoms with van der Waals surface area (Å²) < 4.78 is 5.53. The van der Waals surface area contributed by atoms with Gasteiger partial charge in [-0.1, -0.05) is 42.5 Å². The molecule has 0 radical (unpaired) electrons. The lowest BCUT2D eigenvalue weighted by Crippen LogP contribution is -2.06. The smallest absolute Gasteiger partial charge is 0.200 e. The molecular weight excluding hydrogens is 338 g/mol. The molecule has 0 aliphatic rings. The summed E-state index contributed by atoms with van der Waals surface area (Å²) in [5.41, 5.74) is 3.87. The molecule has 134 valence electrons. The van der Waals surface area contributed by atoms with E-state index >= 15 is 0 Å². The number of aromatic hydroxyl groups is 1. The number of benzene rings is 3. The van der Waals surface area contributed by atoms with Crippen LogP contribution in [0.5, 0.6) is 5.75 Å². The Bertz CT molecular complexity index is 1120. The summed E-state index contributed by atoms with van der Waals surface area (Å²) in [5.74, 6) is 0.0735. The standard InChI is InChI=1S/C23H19NO3/c25-19-10-11-20-22(14-19)27-15-21(23(20)26)17-6-8-18(9-7-17)24-13-12-16-4-2-1-3-5-16/h1-11,14-15,24-25H,12-13H2. The molecule has 4 nitrogen and oxygen atoms in total. The van der Waals surface area contributed by atoms with Crippen LogP contribution in [-0.4, -0.2) is 11.7 Å². The monoisotopic (exact) mass is 357 g/mol. The van der Waals surface area contributed by atoms with Crippen LogP contribution in [0.1, 0.15) is 5.56 Å². The van der Waals surface area contributed by atoms with Crippen molar-refractivity contribution in [3.8, 4) is 16.9 Å². The van der Waals surface area contributed by atoms with Gasteiger partial charge in [-0.3, -0.25) is 4.79 Å². The zero-order valence-electron chi connectivity index (χ0n) is 14.7. The summed E-state index contributed by atoms with van der Waals surface area (Å²) in [6.07, 6.45) is 2.39. The van der Waals surface area contributed by atoms with Crippen molar-refractivity contribution < 1.29 is 9.52 Å². The van der Waals surface area contributed by atoms with Crippen molar-refractivity contribution in [3.05, 3.63) is 94.8 Å². The Morgan fingerprint density at radius 3 is 2.48 bits per heavy atom. The zero-order chi connectivity index (χ0) is 18.6. The fourth-order valence-electron chi connectivity index (χ4n) is 3.08. The van der Waals surface area contributed by atoms with Crippen LogP contribution in [-0.2, 0) is 6.42 Å². The molecule has 0 fully saturated rings. The lowest BCUT2D eigenvalue weighted by atomic mass is 10.1. The van der Waals surface area contributed by atoms with Gasteiger partial charge < -0.3 is 14.8 Å². The topological polar surface area (TPSA) is 62.5 Å². The molecule has 4 rings (SSSR count). The molecule has 0 aliphatic carbocycles. The van der Waals surface area contributed by atoms with Gasteiger partial charge in [0.1, 0.15) is 17.6 Å². The Labute approximate surface area is 156 Å². The predicted octanol–water partition coefficient (Wildman–Crippen LogP) is 4.82. The van der Waals surface area contributed by atoms with E-state index in [1.54, 1.807) is 6.07 Å². The molecule has 0 saturated carbocycles. The van der Waals surface area contributed by atoms with Gasteiger partial charge in [0.15, 0.2) is 5.43 Å². The lowest BCUT2D eigenvalue weighted by Gasteiger charge is -2.08. The summed E-state index contributed by atoms with van der Waals surface area (Å²) in [6.45, 7) is 0.838. The highest BCUT2D eigenvalue weighted by molar-refractivity contribution is 5.82. The van der Waals surface area contributed by atoms with Crippen LogP contribution in [0.3, 0.4) is 0 Å². The third-order valence-corrected chi connectivity index (χ3v) is 4.54. The molecule has 4 aromatic rings. The fourth-order valence-corrected chi connectivity index (χ4v) is 3.08. The van der Waals surface area contributed by atoms with Crippen molar-refractivity contribution in [1.82, 2.24) is 0 Å². The number of phenolic OH excluding ortho intramolecular Hbond substituents is 1. The van der Waals surface area contributed by atoms with Crippen LogP contribution in [0.4, 0.5) is 5.69 Å². The first-order valence-electron chi connectivity index (χ1n) is 8.83. The fraction of sp³-hybridized carbons (Fsp3) is 0.0870. The Balaban J connectivity index is 1.50. The quantitative estimate of drug-likeness (QED) is 0.537. The second-order valence-corrected chi connectivity index (χ2v) is 6.40. The van der Waals surface area contributed by atoms with Gasteiger partial charge in [-0.15, -0.1) is 0 Å². The van der Waals surface area contributed by atoms with Crippen LogP contribution < -0.4 is 10.7 Å². The number of hydrogen-bond acceptors (Lipinski definition) is 4. The molecule has 3 aromatic carbocycles. The van der Waals surface area contributed by atoms with Crippen LogP contribution >= 0.6 is 0 Å². The molecule has 0 aliphatic heterocycles. The molecular formula is C23H19NO3. The van der Waals surface area contributed by atoms with Gasteiger partial charge in [0, 0.05) is 18.3 Å². The first kappa shape index (κ1) is 16.9. The summed E-state index contributed by atoms with van der Waals surface area (Å²) in [6, 6.07) is 22.6. The minimum atomic E-state index is -0.110. The number of hydrogen-bond donors (Lipinski definition) is 2. The summed E-state index contributed by atoms with van der Waals surface area (Å²) in [5, 5.41) is 13.4. The normalized spacial score (nSPS) is 10.8. The lowest BCUT2D eigenvalue weighted by molar-refractivity contribution is 0.474. The van der Waals surface area contributed by atoms with Crippen LogP contribution in [0.2, 0.25) is 0 Å². The molecule has 27 heavy (non-hydrogen) atoms. The maximum atomic E-state index is 12.7. The largest absolute Gasteiger partial charge is 0.508 e. The first-order valence-corrected chi connectivity index (χ1v) is 8.83. The third-order valence-electron chi connectivity index (χ3n) is 4.54. The van der Waals surface area contributed by atoms with E-state index in [0.717, 1.165) is 24.2 Å². The van der Waals surface area contributed by atoms with Crippen LogP contribution in [0, 0.1) is 0 Å². The van der Waals surface area contributed by atoms with Crippen molar-refractivity contribution in [2.24, 2.45) is 0 Å². The molecule has 1 aromatic heterocycles. The minimum absolute atomic E-state index is 0.0735. The highest BCUT2D eigenvalue weighted by Gasteiger charge is 2.09. The van der Waals surface area contributed by atoms with Gasteiger partial charge in [0.2, 0.25) is 0 Å². The van der Waals surface area contributed by atoms with Crippen LogP contribution in [0.15, 0.2) is 88.3 Å². The van der Waals surface area contributed by atoms with E-state index < -0.39 is 0 Å². The molecule has 0 unspecified atom stereocenters. The average Bonchev–Trinajstić information content (AvgIpc) is 2.70. The SMILES string of the molecule is O=c1c(-c2ccc(NCCc3ccccc3)cc2)coc2cc(O)ccc12. The van der Waals surface area contributed by atoms with Gasteiger partial charge in [0.05, 0.1) is 10.9 Å². The van der Waals surface area contributed by atoms with Crippen molar-refractivity contribution in [2.45, 2.75) is 6.42 Å². The van der Waals surface area contributed by atoms with Crippen molar-refractivity contribution in [2.75, 3.05) is 11.9 Å². The van der Waals surface area contributed by atoms with Crippen molar-refractivity contribution >= 4 is 16.7 Å². The van der Waals surface area contributed by atoms with Gasteiger partial charge in [-0.2, -0.15) is 0 Å². The van der Waals surface area contributed by atoms with Gasteiger partial charge in [-0.25, -0.2) is 0 Å². The Hall–Kier alpha value is -3.53. The second kappa shape index (κ2) is 7.38. The third kappa shape index (κ3) is 3.70. The Morgan fingerprint density at radius 2 is 1.70 bits per heavy atom. The van der Waals surface area contributed by atoms with Crippen molar-refractivity contribution in [3.63, 3.8) is 0 Å². The van der Waals surface area contributed by atoms with Gasteiger partial charge >= 0.3 is 0 Å². The highest BCUT2D eigenvalue weighted by Crippen LogP contribution is 2.23. The maximum absolute atomic E-state index is 12.7. The van der Waals surface area contributed by atoms with Gasteiger partial charge in [-0.05, 0) is 41.8 Å². The maximum Gasteiger partial charge on any atom is 0.200 e. The predicted molar refractivity (Wildman–Crippen MR) is 108 cm³/mol. The van der Waals surface area contributed by atoms with E-state index in [4.69, 9.17) is 4.42 Å². The molecule has 0 bridgehead atoms. The summed E-state index contributed by atoms with van der Waals surface area (Å²) >= 11 is 0. The number of phenols is 1. The van der Waals surface area contributed by atoms with E-state index in [-0.39, 0.29) is 11.2 Å². The molecule has 0 saturated heterocycles. The van der Waals surface area contributed by atoms with E-state index in [9.17, 15) is 9.90 Å². The minimum Gasteiger partial charge on any atom is -0.508 e. The molecule has 0 atom stereocenters. The number of nitrogens with one attached hydrogen (secondary N) is 1. The average molecular weight is 357 g/mol. The molecule has 1 heterocycles. The molecule has 2 N–H and O–H groups in total. The number of anilines is 1. The van der Waals surface area contributed by atoms with Crippen molar-refractivity contribution in [1.29, 1.82) is 0 Å². The van der Waals surface area contributed by atoms with E-state index in [0.29, 0.717) is 16.5 Å². The highest BCUT2D eigenvalue weighted by atomic mass is 16.3. The number of rotatable bonds is 5. The zero-order valence-corrected chi connectivity index (χ0v) is 14.7. The van der Waals surface area contributed by atoms with E-state index in [1.165, 1.54) is 24.0 Å². The Morgan fingerprint density at radius 1 is 0.926 bits per heavy atom. The molecule has 0 amide bonds. The second-order valence-electron chi connectivity index (χ2n) is 6.40. The van der Waals surface area contributed by atoms with E-state index in [2.05, 4.69) is 17.4 Å². The first-order chi connectivity index (χ1) is 13.2. The molecule has 4 heteroatoms. The van der Waals surface area contributed by atoms with Crippen LogP contribution in [0.25, 0.3) is 22.1 Å². The Kier molecular flexibility index (Phi) is 4.62. The number of fused-ring (bicyclic) bond motifs is 1. The van der Waals surface area contributed by atoms with Gasteiger partial charge in [0.25, 0.3) is 0 Å². The van der Waals surface area contributed by atoms with E-state index in [1.807, 2.05) is 42.5 Å². The summed E-state index contributed by atoms with van der Waals surface area (Å²) in [7, 11) is 0.